The summed E-state index contributed by atoms with van der Waals surface area (Å²) in [7, 11) is -3.60. The number of ether oxygens (including phenoxy) is 1. The predicted octanol–water partition coefficient (Wildman–Crippen LogP) is 0.869. The van der Waals surface area contributed by atoms with Gasteiger partial charge >= 0.3 is 0 Å². The number of nitrogen functional groups attached to an aromatic ring is 1. The van der Waals surface area contributed by atoms with Gasteiger partial charge in [-0.3, -0.25) is 0 Å². The number of benzene rings is 1. The Morgan fingerprint density at radius 2 is 2.26 bits per heavy atom. The quantitative estimate of drug-likeness (QED) is 0.570. The molecule has 0 aliphatic rings. The Morgan fingerprint density at radius 1 is 1.53 bits per heavy atom. The first-order valence-corrected chi connectivity index (χ1v) is 7.40. The number of nitriles is 1. The minimum absolute atomic E-state index is 0.106. The van der Waals surface area contributed by atoms with Crippen LogP contribution in [0.1, 0.15) is 13.3 Å². The summed E-state index contributed by atoms with van der Waals surface area (Å²) in [6, 6.07) is 8.61. The Bertz CT molecular complexity index is 552. The second-order valence-electron chi connectivity index (χ2n) is 3.89. The largest absolute Gasteiger partial charge is 0.492 e. The molecule has 0 aliphatic heterocycles. The van der Waals surface area contributed by atoms with Crippen LogP contribution in [0.4, 0.5) is 5.69 Å². The van der Waals surface area contributed by atoms with Gasteiger partial charge in [0.15, 0.2) is 5.25 Å². The molecule has 1 aromatic rings. The van der Waals surface area contributed by atoms with Crippen molar-refractivity contribution in [2.75, 3.05) is 18.9 Å². The Kier molecular flexibility index (Phi) is 5.60. The molecule has 104 valence electrons. The molecule has 7 heteroatoms. The molecule has 0 aliphatic carbocycles. The molecule has 6 nitrogen and oxygen atoms in total. The molecule has 1 atom stereocenters. The van der Waals surface area contributed by atoms with E-state index in [9.17, 15) is 8.42 Å². The second-order valence-corrected chi connectivity index (χ2v) is 5.83. The predicted molar refractivity (Wildman–Crippen MR) is 73.0 cm³/mol. The van der Waals surface area contributed by atoms with Crippen molar-refractivity contribution >= 4 is 15.7 Å². The molecule has 1 unspecified atom stereocenters. The monoisotopic (exact) mass is 283 g/mol. The second kappa shape index (κ2) is 6.97. The van der Waals surface area contributed by atoms with Crippen LogP contribution in [0.25, 0.3) is 0 Å². The highest BCUT2D eigenvalue weighted by molar-refractivity contribution is 7.90. The van der Waals surface area contributed by atoms with Gasteiger partial charge in [0.05, 0.1) is 6.07 Å². The molecule has 0 spiro atoms. The fourth-order valence-corrected chi connectivity index (χ4v) is 2.58. The maximum atomic E-state index is 11.6. The Hall–Kier alpha value is -1.78. The van der Waals surface area contributed by atoms with E-state index in [4.69, 9.17) is 15.7 Å². The molecule has 0 radical (unpaired) electrons. The SMILES string of the molecule is CCC(C#N)S(=O)(=O)NCCOc1cccc(N)c1. The summed E-state index contributed by atoms with van der Waals surface area (Å²) >= 11 is 0. The summed E-state index contributed by atoms with van der Waals surface area (Å²) in [6.45, 7) is 1.93. The van der Waals surface area contributed by atoms with Gasteiger partial charge in [0, 0.05) is 18.3 Å². The Balaban J connectivity index is 2.41. The van der Waals surface area contributed by atoms with Gasteiger partial charge in [-0.05, 0) is 18.6 Å². The fourth-order valence-electron chi connectivity index (χ4n) is 1.44. The highest BCUT2D eigenvalue weighted by atomic mass is 32.2. The van der Waals surface area contributed by atoms with E-state index < -0.39 is 15.3 Å². The lowest BCUT2D eigenvalue weighted by atomic mass is 10.3. The first kappa shape index (κ1) is 15.3. The molecule has 0 amide bonds. The van der Waals surface area contributed by atoms with E-state index in [1.807, 2.05) is 0 Å². The van der Waals surface area contributed by atoms with Crippen LogP contribution < -0.4 is 15.2 Å². The zero-order valence-corrected chi connectivity index (χ0v) is 11.5. The lowest BCUT2D eigenvalue weighted by Gasteiger charge is -2.11. The van der Waals surface area contributed by atoms with Gasteiger partial charge in [-0.25, -0.2) is 13.1 Å². The first-order chi connectivity index (χ1) is 8.99. The highest BCUT2D eigenvalue weighted by Gasteiger charge is 2.22. The smallest absolute Gasteiger partial charge is 0.228 e. The van der Waals surface area contributed by atoms with Crippen LogP contribution in [0.3, 0.4) is 0 Å². The number of nitrogens with zero attached hydrogens (tertiary/aromatic N) is 1. The van der Waals surface area contributed by atoms with Crippen molar-refractivity contribution in [3.8, 4) is 11.8 Å². The third-order valence-electron chi connectivity index (χ3n) is 2.42. The third kappa shape index (κ3) is 4.77. The Labute approximate surface area is 113 Å². The Morgan fingerprint density at radius 3 is 2.84 bits per heavy atom. The number of hydrogen-bond acceptors (Lipinski definition) is 5. The number of sulfonamides is 1. The first-order valence-electron chi connectivity index (χ1n) is 5.86. The lowest BCUT2D eigenvalue weighted by molar-refractivity contribution is 0.323. The molecule has 0 heterocycles. The fraction of sp³-hybridized carbons (Fsp3) is 0.417. The summed E-state index contributed by atoms with van der Waals surface area (Å²) in [5, 5.41) is 7.68. The molecule has 0 saturated carbocycles. The molecule has 0 fully saturated rings. The van der Waals surface area contributed by atoms with Crippen LogP contribution in [0, 0.1) is 11.3 Å². The van der Waals surface area contributed by atoms with Crippen molar-refractivity contribution in [2.45, 2.75) is 18.6 Å². The van der Waals surface area contributed by atoms with E-state index in [0.29, 0.717) is 11.4 Å². The molecular weight excluding hydrogens is 266 g/mol. The third-order valence-corrected chi connectivity index (χ3v) is 4.22. The number of nitrogens with two attached hydrogens (primary N) is 1. The maximum absolute atomic E-state index is 11.6. The van der Waals surface area contributed by atoms with E-state index >= 15 is 0 Å². The average molecular weight is 283 g/mol. The zero-order valence-electron chi connectivity index (χ0n) is 10.7. The number of anilines is 1. The van der Waals surface area contributed by atoms with Gasteiger partial charge in [-0.15, -0.1) is 0 Å². The van der Waals surface area contributed by atoms with Crippen LogP contribution in [-0.2, 0) is 10.0 Å². The van der Waals surface area contributed by atoms with Crippen molar-refractivity contribution in [3.63, 3.8) is 0 Å². The van der Waals surface area contributed by atoms with Crippen LogP contribution in [0.15, 0.2) is 24.3 Å². The summed E-state index contributed by atoms with van der Waals surface area (Å²) in [5.74, 6) is 0.575. The summed E-state index contributed by atoms with van der Waals surface area (Å²) in [4.78, 5) is 0. The normalized spacial score (nSPS) is 12.6. The van der Waals surface area contributed by atoms with Gasteiger partial charge in [0.25, 0.3) is 0 Å². The molecule has 1 rings (SSSR count). The van der Waals surface area contributed by atoms with E-state index in [-0.39, 0.29) is 19.6 Å². The van der Waals surface area contributed by atoms with E-state index in [1.165, 1.54) is 0 Å². The van der Waals surface area contributed by atoms with Gasteiger partial charge < -0.3 is 10.5 Å². The average Bonchev–Trinajstić information content (AvgIpc) is 2.36. The molecule has 0 bridgehead atoms. The van der Waals surface area contributed by atoms with Crippen LogP contribution in [0.5, 0.6) is 5.75 Å². The minimum atomic E-state index is -3.60. The number of rotatable bonds is 7. The van der Waals surface area contributed by atoms with Crippen molar-refractivity contribution in [1.29, 1.82) is 5.26 Å². The van der Waals surface area contributed by atoms with Gasteiger partial charge in [0.2, 0.25) is 10.0 Å². The topological polar surface area (TPSA) is 105 Å². The number of hydrogen-bond donors (Lipinski definition) is 2. The number of nitrogens with one attached hydrogen (secondary N) is 1. The zero-order chi connectivity index (χ0) is 14.3. The minimum Gasteiger partial charge on any atom is -0.492 e. The molecule has 0 saturated heterocycles. The van der Waals surface area contributed by atoms with Gasteiger partial charge in [0.1, 0.15) is 12.4 Å². The summed E-state index contributed by atoms with van der Waals surface area (Å²) < 4.78 is 31.0. The molecule has 19 heavy (non-hydrogen) atoms. The summed E-state index contributed by atoms with van der Waals surface area (Å²) in [5.41, 5.74) is 6.16. The molecule has 3 N–H and O–H groups in total. The van der Waals surface area contributed by atoms with Crippen LogP contribution in [-0.4, -0.2) is 26.8 Å². The van der Waals surface area contributed by atoms with Crippen molar-refractivity contribution in [1.82, 2.24) is 4.72 Å². The standard InChI is InChI=1S/C12H17N3O3S/c1-2-12(9-13)19(16,17)15-6-7-18-11-5-3-4-10(14)8-11/h3-5,8,12,15H,2,6-7,14H2,1H3. The van der Waals surface area contributed by atoms with E-state index in [2.05, 4.69) is 4.72 Å². The van der Waals surface area contributed by atoms with E-state index in [1.54, 1.807) is 37.3 Å². The molecule has 1 aromatic carbocycles. The maximum Gasteiger partial charge on any atom is 0.228 e. The van der Waals surface area contributed by atoms with Crippen LogP contribution in [0.2, 0.25) is 0 Å². The van der Waals surface area contributed by atoms with Crippen molar-refractivity contribution in [2.24, 2.45) is 0 Å². The van der Waals surface area contributed by atoms with Crippen molar-refractivity contribution in [3.05, 3.63) is 24.3 Å². The molecule has 0 aromatic heterocycles. The van der Waals surface area contributed by atoms with Gasteiger partial charge in [-0.1, -0.05) is 13.0 Å². The summed E-state index contributed by atoms with van der Waals surface area (Å²) in [6.07, 6.45) is 0.252. The van der Waals surface area contributed by atoms with Crippen LogP contribution >= 0.6 is 0 Å². The lowest BCUT2D eigenvalue weighted by Crippen LogP contribution is -2.35. The molecular formula is C12H17N3O3S. The van der Waals surface area contributed by atoms with E-state index in [0.717, 1.165) is 0 Å². The van der Waals surface area contributed by atoms with Gasteiger partial charge in [-0.2, -0.15) is 5.26 Å². The van der Waals surface area contributed by atoms with Crippen molar-refractivity contribution < 1.29 is 13.2 Å². The highest BCUT2D eigenvalue weighted by Crippen LogP contribution is 2.13.